The molecule has 2 unspecified atom stereocenters. The Bertz CT molecular complexity index is 382. The van der Waals surface area contributed by atoms with Gasteiger partial charge in [0.2, 0.25) is 0 Å². The van der Waals surface area contributed by atoms with Crippen molar-refractivity contribution in [1.29, 1.82) is 0 Å². The summed E-state index contributed by atoms with van der Waals surface area (Å²) in [6, 6.07) is 6.27. The Balaban J connectivity index is 2.87. The summed E-state index contributed by atoms with van der Waals surface area (Å²) in [5, 5.41) is 0. The lowest BCUT2D eigenvalue weighted by Gasteiger charge is -2.26. The highest BCUT2D eigenvalue weighted by atomic mass is 16.5. The number of hydrogen-bond acceptors (Lipinski definition) is 4. The number of aryl methyl sites for hydroxylation is 1. The molecule has 0 saturated carbocycles. The van der Waals surface area contributed by atoms with E-state index < -0.39 is 0 Å². The Morgan fingerprint density at radius 2 is 2.05 bits per heavy atom. The van der Waals surface area contributed by atoms with Gasteiger partial charge in [-0.1, -0.05) is 31.0 Å². The average Bonchev–Trinajstić information content (AvgIpc) is 2.42. The number of hydrogen-bond donors (Lipinski definition) is 2. The lowest BCUT2D eigenvalue weighted by Crippen LogP contribution is -2.46. The van der Waals surface area contributed by atoms with E-state index in [4.69, 9.17) is 15.3 Å². The molecule has 1 rings (SSSR count). The summed E-state index contributed by atoms with van der Waals surface area (Å²) >= 11 is 0. The highest BCUT2D eigenvalue weighted by Gasteiger charge is 2.21. The molecule has 0 amide bonds. The fraction of sp³-hybridized carbons (Fsp3) is 0.600. The molecule has 0 saturated heterocycles. The van der Waals surface area contributed by atoms with Crippen LogP contribution in [0.25, 0.3) is 0 Å². The third-order valence-electron chi connectivity index (χ3n) is 3.41. The van der Waals surface area contributed by atoms with E-state index in [9.17, 15) is 0 Å². The van der Waals surface area contributed by atoms with Crippen molar-refractivity contribution < 1.29 is 9.47 Å². The number of hydrazine groups is 1. The van der Waals surface area contributed by atoms with Gasteiger partial charge in [0.05, 0.1) is 19.3 Å². The Kier molecular flexibility index (Phi) is 6.84. The molecule has 3 N–H and O–H groups in total. The number of nitrogens with one attached hydrogen (secondary N) is 1. The molecule has 19 heavy (non-hydrogen) atoms. The minimum Gasteiger partial charge on any atom is -0.496 e. The van der Waals surface area contributed by atoms with Crippen LogP contribution in [-0.2, 0) is 11.2 Å². The topological polar surface area (TPSA) is 56.5 Å². The second-order valence-corrected chi connectivity index (χ2v) is 4.86. The lowest BCUT2D eigenvalue weighted by atomic mass is 9.97. The van der Waals surface area contributed by atoms with E-state index in [0.717, 1.165) is 30.6 Å². The minimum atomic E-state index is 0.0839. The summed E-state index contributed by atoms with van der Waals surface area (Å²) in [6.07, 6.45) is 2.96. The van der Waals surface area contributed by atoms with Gasteiger partial charge in [0.15, 0.2) is 0 Å². The van der Waals surface area contributed by atoms with E-state index in [2.05, 4.69) is 25.3 Å². The van der Waals surface area contributed by atoms with E-state index in [1.54, 1.807) is 14.2 Å². The first-order valence-electron chi connectivity index (χ1n) is 6.78. The fourth-order valence-electron chi connectivity index (χ4n) is 2.37. The number of benzene rings is 1. The maximum Gasteiger partial charge on any atom is 0.122 e. The fourth-order valence-corrected chi connectivity index (χ4v) is 2.37. The predicted octanol–water partition coefficient (Wildman–Crippen LogP) is 2.19. The molecule has 108 valence electrons. The van der Waals surface area contributed by atoms with Gasteiger partial charge in [-0.25, -0.2) is 0 Å². The molecular formula is C15H26N2O2. The van der Waals surface area contributed by atoms with Gasteiger partial charge in [-0.3, -0.25) is 11.3 Å². The number of rotatable bonds is 8. The second-order valence-electron chi connectivity index (χ2n) is 4.86. The molecule has 1 aromatic rings. The highest BCUT2D eigenvalue weighted by Crippen LogP contribution is 2.22. The Morgan fingerprint density at radius 3 is 2.58 bits per heavy atom. The van der Waals surface area contributed by atoms with Crippen molar-refractivity contribution in [2.24, 2.45) is 5.84 Å². The SMILES string of the molecule is CCCC(OC)C(Cc1cc(C)ccc1OC)NN. The van der Waals surface area contributed by atoms with Crippen LogP contribution in [0.5, 0.6) is 5.75 Å². The van der Waals surface area contributed by atoms with Crippen molar-refractivity contribution in [3.05, 3.63) is 29.3 Å². The monoisotopic (exact) mass is 266 g/mol. The Hall–Kier alpha value is -1.10. The zero-order valence-corrected chi connectivity index (χ0v) is 12.4. The summed E-state index contributed by atoms with van der Waals surface area (Å²) in [5.74, 6) is 6.59. The lowest BCUT2D eigenvalue weighted by molar-refractivity contribution is 0.0607. The molecule has 1 aromatic carbocycles. The summed E-state index contributed by atoms with van der Waals surface area (Å²) in [5.41, 5.74) is 5.25. The van der Waals surface area contributed by atoms with Gasteiger partial charge in [-0.05, 0) is 31.4 Å². The van der Waals surface area contributed by atoms with Crippen LogP contribution in [0.15, 0.2) is 18.2 Å². The number of nitrogens with two attached hydrogens (primary N) is 1. The third-order valence-corrected chi connectivity index (χ3v) is 3.41. The van der Waals surface area contributed by atoms with Crippen molar-refractivity contribution in [1.82, 2.24) is 5.43 Å². The first kappa shape index (κ1) is 16.0. The first-order chi connectivity index (χ1) is 9.15. The molecule has 4 heteroatoms. The van der Waals surface area contributed by atoms with Crippen molar-refractivity contribution in [2.45, 2.75) is 45.3 Å². The molecular weight excluding hydrogens is 240 g/mol. The van der Waals surface area contributed by atoms with Gasteiger partial charge in [-0.15, -0.1) is 0 Å². The normalized spacial score (nSPS) is 14.2. The molecule has 0 fully saturated rings. The van der Waals surface area contributed by atoms with Crippen LogP contribution in [0, 0.1) is 6.92 Å². The summed E-state index contributed by atoms with van der Waals surface area (Å²) in [4.78, 5) is 0. The van der Waals surface area contributed by atoms with Crippen molar-refractivity contribution in [3.8, 4) is 5.75 Å². The third kappa shape index (κ3) is 4.49. The Labute approximate surface area is 116 Å². The molecule has 0 spiro atoms. The summed E-state index contributed by atoms with van der Waals surface area (Å²) in [7, 11) is 3.43. The molecule has 0 radical (unpaired) electrons. The molecule has 0 heterocycles. The smallest absolute Gasteiger partial charge is 0.122 e. The molecule has 0 aliphatic carbocycles. The van der Waals surface area contributed by atoms with Crippen LogP contribution < -0.4 is 16.0 Å². The number of ether oxygens (including phenoxy) is 2. The molecule has 0 aromatic heterocycles. The molecule has 0 aliphatic heterocycles. The standard InChI is InChI=1S/C15H26N2O2/c1-5-6-15(19-4)13(17-16)10-12-9-11(2)7-8-14(12)18-3/h7-9,13,15,17H,5-6,10,16H2,1-4H3. The van der Waals surface area contributed by atoms with Crippen molar-refractivity contribution in [2.75, 3.05) is 14.2 Å². The van der Waals surface area contributed by atoms with Gasteiger partial charge in [-0.2, -0.15) is 0 Å². The summed E-state index contributed by atoms with van der Waals surface area (Å²) in [6.45, 7) is 4.22. The largest absolute Gasteiger partial charge is 0.496 e. The van der Waals surface area contributed by atoms with Crippen LogP contribution >= 0.6 is 0 Å². The van der Waals surface area contributed by atoms with Crippen molar-refractivity contribution >= 4 is 0 Å². The molecule has 0 bridgehead atoms. The minimum absolute atomic E-state index is 0.0839. The van der Waals surface area contributed by atoms with Crippen LogP contribution in [-0.4, -0.2) is 26.4 Å². The van der Waals surface area contributed by atoms with Crippen LogP contribution in [0.1, 0.15) is 30.9 Å². The maximum atomic E-state index is 5.69. The van der Waals surface area contributed by atoms with E-state index >= 15 is 0 Å². The molecule has 2 atom stereocenters. The van der Waals surface area contributed by atoms with Crippen LogP contribution in [0.2, 0.25) is 0 Å². The second kappa shape index (κ2) is 8.15. The quantitative estimate of drug-likeness (QED) is 0.559. The van der Waals surface area contributed by atoms with E-state index in [0.29, 0.717) is 0 Å². The van der Waals surface area contributed by atoms with E-state index in [1.807, 2.05) is 12.1 Å². The summed E-state index contributed by atoms with van der Waals surface area (Å²) < 4.78 is 10.9. The van der Waals surface area contributed by atoms with Gasteiger partial charge >= 0.3 is 0 Å². The average molecular weight is 266 g/mol. The van der Waals surface area contributed by atoms with Gasteiger partial charge in [0.1, 0.15) is 5.75 Å². The van der Waals surface area contributed by atoms with E-state index in [-0.39, 0.29) is 12.1 Å². The van der Waals surface area contributed by atoms with Gasteiger partial charge < -0.3 is 9.47 Å². The molecule has 4 nitrogen and oxygen atoms in total. The molecule has 0 aliphatic rings. The van der Waals surface area contributed by atoms with Crippen molar-refractivity contribution in [3.63, 3.8) is 0 Å². The van der Waals surface area contributed by atoms with Gasteiger partial charge in [0, 0.05) is 7.11 Å². The number of methoxy groups -OCH3 is 2. The van der Waals surface area contributed by atoms with Crippen LogP contribution in [0.3, 0.4) is 0 Å². The highest BCUT2D eigenvalue weighted by molar-refractivity contribution is 5.37. The first-order valence-corrected chi connectivity index (χ1v) is 6.78. The zero-order chi connectivity index (χ0) is 14.3. The zero-order valence-electron chi connectivity index (χ0n) is 12.4. The van der Waals surface area contributed by atoms with E-state index in [1.165, 1.54) is 5.56 Å². The van der Waals surface area contributed by atoms with Crippen LogP contribution in [0.4, 0.5) is 0 Å². The maximum absolute atomic E-state index is 5.69. The van der Waals surface area contributed by atoms with Gasteiger partial charge in [0.25, 0.3) is 0 Å². The Morgan fingerprint density at radius 1 is 1.32 bits per heavy atom. The predicted molar refractivity (Wildman–Crippen MR) is 78.3 cm³/mol.